The minimum absolute atomic E-state index is 0.0298. The number of nitriles is 2. The van der Waals surface area contributed by atoms with Crippen molar-refractivity contribution in [1.82, 2.24) is 9.78 Å². The Morgan fingerprint density at radius 2 is 1.87 bits per heavy atom. The lowest BCUT2D eigenvalue weighted by molar-refractivity contribution is -0.139. The predicted molar refractivity (Wildman–Crippen MR) is 113 cm³/mol. The first-order chi connectivity index (χ1) is 14.6. The van der Waals surface area contributed by atoms with E-state index in [1.807, 2.05) is 36.4 Å². The van der Waals surface area contributed by atoms with Crippen molar-refractivity contribution in [2.75, 3.05) is 0 Å². The number of carbonyl (C=O) groups excluding carboxylic acids is 1. The van der Waals surface area contributed by atoms with Crippen LogP contribution in [0.1, 0.15) is 17.5 Å². The number of benzene rings is 2. The number of halogens is 1. The Labute approximate surface area is 179 Å². The number of hydrogen-bond acceptors (Lipinski definition) is 5. The van der Waals surface area contributed by atoms with Crippen LogP contribution in [0, 0.1) is 22.7 Å². The molecule has 0 aliphatic carbocycles. The molecule has 0 amide bonds. The third-order valence-corrected chi connectivity index (χ3v) is 4.47. The zero-order valence-electron chi connectivity index (χ0n) is 16.0. The van der Waals surface area contributed by atoms with Gasteiger partial charge in [-0.1, -0.05) is 54.1 Å². The third-order valence-electron chi connectivity index (χ3n) is 4.21. The molecule has 2 aromatic carbocycles. The summed E-state index contributed by atoms with van der Waals surface area (Å²) in [5.41, 5.74) is 2.68. The van der Waals surface area contributed by atoms with Gasteiger partial charge in [0.05, 0.1) is 24.7 Å². The van der Waals surface area contributed by atoms with Crippen molar-refractivity contribution < 1.29 is 9.53 Å². The van der Waals surface area contributed by atoms with Gasteiger partial charge in [0, 0.05) is 22.3 Å². The minimum atomic E-state index is -0.726. The topological polar surface area (TPSA) is 91.7 Å². The van der Waals surface area contributed by atoms with Gasteiger partial charge in [-0.25, -0.2) is 4.79 Å². The van der Waals surface area contributed by atoms with Gasteiger partial charge < -0.3 is 4.74 Å². The maximum Gasteiger partial charge on any atom is 0.349 e. The van der Waals surface area contributed by atoms with Gasteiger partial charge in [0.2, 0.25) is 0 Å². The molecule has 0 saturated heterocycles. The lowest BCUT2D eigenvalue weighted by Gasteiger charge is -2.04. The van der Waals surface area contributed by atoms with Gasteiger partial charge in [-0.15, -0.1) is 0 Å². The van der Waals surface area contributed by atoms with Crippen LogP contribution in [0.4, 0.5) is 0 Å². The largest absolute Gasteiger partial charge is 0.457 e. The predicted octanol–water partition coefficient (Wildman–Crippen LogP) is 4.77. The molecule has 0 spiro atoms. The van der Waals surface area contributed by atoms with Gasteiger partial charge in [0.15, 0.2) is 0 Å². The van der Waals surface area contributed by atoms with Crippen LogP contribution in [0.5, 0.6) is 0 Å². The molecule has 0 aliphatic heterocycles. The summed E-state index contributed by atoms with van der Waals surface area (Å²) in [5.74, 6) is -0.726. The van der Waals surface area contributed by atoms with Crippen LogP contribution in [-0.4, -0.2) is 15.7 Å². The standard InChI is InChI=1S/C23H17ClN4O2/c24-21-9-7-17(8-10-21)16-30-23(29)19(14-26)13-20-15-28(12-4-11-25)27-22(20)18-5-2-1-3-6-18/h1-3,5-10,13,15H,4,12,16H2/b19-13+. The van der Waals surface area contributed by atoms with Crippen LogP contribution in [-0.2, 0) is 22.7 Å². The minimum Gasteiger partial charge on any atom is -0.457 e. The van der Waals surface area contributed by atoms with Gasteiger partial charge in [-0.05, 0) is 23.8 Å². The van der Waals surface area contributed by atoms with Crippen molar-refractivity contribution in [3.8, 4) is 23.4 Å². The van der Waals surface area contributed by atoms with Crippen molar-refractivity contribution in [2.24, 2.45) is 0 Å². The second-order valence-corrected chi connectivity index (χ2v) is 6.78. The van der Waals surface area contributed by atoms with Gasteiger partial charge in [0.1, 0.15) is 18.2 Å². The van der Waals surface area contributed by atoms with Crippen molar-refractivity contribution in [1.29, 1.82) is 10.5 Å². The molecule has 3 aromatic rings. The van der Waals surface area contributed by atoms with Gasteiger partial charge >= 0.3 is 5.97 Å². The third kappa shape index (κ3) is 5.35. The molecule has 0 bridgehead atoms. The first-order valence-corrected chi connectivity index (χ1v) is 9.51. The van der Waals surface area contributed by atoms with Gasteiger partial charge in [-0.3, -0.25) is 4.68 Å². The summed E-state index contributed by atoms with van der Waals surface area (Å²) in [4.78, 5) is 12.4. The van der Waals surface area contributed by atoms with E-state index in [4.69, 9.17) is 21.6 Å². The zero-order valence-corrected chi connectivity index (χ0v) is 16.7. The summed E-state index contributed by atoms with van der Waals surface area (Å²) in [6, 6.07) is 20.3. The van der Waals surface area contributed by atoms with Crippen LogP contribution in [0.3, 0.4) is 0 Å². The molecule has 0 fully saturated rings. The molecule has 30 heavy (non-hydrogen) atoms. The Morgan fingerprint density at radius 1 is 1.13 bits per heavy atom. The Bertz CT molecular complexity index is 1140. The molecular weight excluding hydrogens is 400 g/mol. The van der Waals surface area contributed by atoms with Crippen molar-refractivity contribution in [3.63, 3.8) is 0 Å². The Balaban J connectivity index is 1.85. The average Bonchev–Trinajstić information content (AvgIpc) is 3.18. The van der Waals surface area contributed by atoms with E-state index in [-0.39, 0.29) is 12.2 Å². The van der Waals surface area contributed by atoms with E-state index in [1.54, 1.807) is 35.1 Å². The number of carbonyl (C=O) groups is 1. The van der Waals surface area contributed by atoms with E-state index in [0.717, 1.165) is 11.1 Å². The number of hydrogen-bond donors (Lipinski definition) is 0. The lowest BCUT2D eigenvalue weighted by Crippen LogP contribution is -2.06. The summed E-state index contributed by atoms with van der Waals surface area (Å²) in [7, 11) is 0. The van der Waals surface area contributed by atoms with Crippen molar-refractivity contribution >= 4 is 23.6 Å². The molecule has 0 N–H and O–H groups in total. The monoisotopic (exact) mass is 416 g/mol. The first-order valence-electron chi connectivity index (χ1n) is 9.14. The number of nitrogens with zero attached hydrogens (tertiary/aromatic N) is 4. The fourth-order valence-electron chi connectivity index (χ4n) is 2.74. The van der Waals surface area contributed by atoms with E-state index >= 15 is 0 Å². The SMILES string of the molecule is N#CCCn1cc(/C=C(\C#N)C(=O)OCc2ccc(Cl)cc2)c(-c2ccccc2)n1. The van der Waals surface area contributed by atoms with E-state index < -0.39 is 5.97 Å². The lowest BCUT2D eigenvalue weighted by atomic mass is 10.1. The molecule has 0 atom stereocenters. The van der Waals surface area contributed by atoms with E-state index in [0.29, 0.717) is 29.2 Å². The molecule has 7 heteroatoms. The van der Waals surface area contributed by atoms with E-state index in [2.05, 4.69) is 11.2 Å². The highest BCUT2D eigenvalue weighted by molar-refractivity contribution is 6.30. The molecule has 0 saturated carbocycles. The summed E-state index contributed by atoms with van der Waals surface area (Å²) >= 11 is 5.85. The maximum absolute atomic E-state index is 12.4. The highest BCUT2D eigenvalue weighted by Gasteiger charge is 2.15. The Kier molecular flexibility index (Phi) is 7.00. The van der Waals surface area contributed by atoms with Crippen LogP contribution in [0.25, 0.3) is 17.3 Å². The van der Waals surface area contributed by atoms with Crippen molar-refractivity contribution in [3.05, 3.63) is 82.5 Å². The number of aryl methyl sites for hydroxylation is 1. The second-order valence-electron chi connectivity index (χ2n) is 6.34. The Morgan fingerprint density at radius 3 is 2.53 bits per heavy atom. The van der Waals surface area contributed by atoms with Gasteiger partial charge in [0.25, 0.3) is 0 Å². The smallest absolute Gasteiger partial charge is 0.349 e. The second kappa shape index (κ2) is 10.1. The zero-order chi connectivity index (χ0) is 21.3. The molecule has 0 radical (unpaired) electrons. The van der Waals surface area contributed by atoms with Crippen LogP contribution in [0.2, 0.25) is 5.02 Å². The van der Waals surface area contributed by atoms with E-state index in [1.165, 1.54) is 6.08 Å². The first kappa shape index (κ1) is 20.9. The molecule has 0 unspecified atom stereocenters. The number of esters is 1. The number of ether oxygens (including phenoxy) is 1. The summed E-state index contributed by atoms with van der Waals surface area (Å²) in [6.07, 6.45) is 3.47. The van der Waals surface area contributed by atoms with Crippen LogP contribution in [0.15, 0.2) is 66.4 Å². The summed E-state index contributed by atoms with van der Waals surface area (Å²) < 4.78 is 6.90. The van der Waals surface area contributed by atoms with Crippen LogP contribution < -0.4 is 0 Å². The van der Waals surface area contributed by atoms with E-state index in [9.17, 15) is 10.1 Å². The fraction of sp³-hybridized carbons (Fsp3) is 0.130. The van der Waals surface area contributed by atoms with Crippen LogP contribution >= 0.6 is 11.6 Å². The average molecular weight is 417 g/mol. The fourth-order valence-corrected chi connectivity index (χ4v) is 2.87. The molecule has 148 valence electrons. The van der Waals surface area contributed by atoms with Gasteiger partial charge in [-0.2, -0.15) is 15.6 Å². The molecule has 1 heterocycles. The highest BCUT2D eigenvalue weighted by atomic mass is 35.5. The molecule has 0 aliphatic rings. The van der Waals surface area contributed by atoms with Crippen molar-refractivity contribution in [2.45, 2.75) is 19.6 Å². The normalized spacial score (nSPS) is 10.8. The molecular formula is C23H17ClN4O2. The Hall–Kier alpha value is -3.87. The quantitative estimate of drug-likeness (QED) is 0.314. The molecule has 1 aromatic heterocycles. The summed E-state index contributed by atoms with van der Waals surface area (Å²) in [6.45, 7) is 0.440. The number of rotatable bonds is 7. The molecule has 3 rings (SSSR count). The molecule has 6 nitrogen and oxygen atoms in total. The number of aromatic nitrogens is 2. The maximum atomic E-state index is 12.4. The highest BCUT2D eigenvalue weighted by Crippen LogP contribution is 2.24. The summed E-state index contributed by atoms with van der Waals surface area (Å²) in [5, 5.41) is 23.4.